The van der Waals surface area contributed by atoms with Crippen molar-refractivity contribution < 1.29 is 0 Å². The molecule has 3 heterocycles. The summed E-state index contributed by atoms with van der Waals surface area (Å²) in [6, 6.07) is 9.98. The highest BCUT2D eigenvalue weighted by Gasteiger charge is 2.19. The molecule has 0 aliphatic carbocycles. The number of anilines is 1. The molecule has 0 spiro atoms. The lowest BCUT2D eigenvalue weighted by atomic mass is 10.2. The molecule has 4 aromatic rings. The SMILES string of the molecule is CC(C)n1nc(-n2cc(-c3ccccc3)nn2)c2c(N)ncnc21. The van der Waals surface area contributed by atoms with Gasteiger partial charge in [-0.1, -0.05) is 35.5 Å². The quantitative estimate of drug-likeness (QED) is 0.621. The van der Waals surface area contributed by atoms with E-state index in [9.17, 15) is 0 Å². The van der Waals surface area contributed by atoms with Gasteiger partial charge >= 0.3 is 0 Å². The van der Waals surface area contributed by atoms with Gasteiger partial charge in [-0.15, -0.1) is 10.2 Å². The Morgan fingerprint density at radius 3 is 2.62 bits per heavy atom. The van der Waals surface area contributed by atoms with Crippen molar-refractivity contribution in [3.05, 3.63) is 42.9 Å². The molecule has 0 amide bonds. The van der Waals surface area contributed by atoms with Crippen LogP contribution in [0.1, 0.15) is 19.9 Å². The van der Waals surface area contributed by atoms with E-state index in [1.807, 2.05) is 55.1 Å². The summed E-state index contributed by atoms with van der Waals surface area (Å²) in [5, 5.41) is 13.7. The van der Waals surface area contributed by atoms with Crippen molar-refractivity contribution in [2.75, 3.05) is 5.73 Å². The molecule has 2 N–H and O–H groups in total. The van der Waals surface area contributed by atoms with Gasteiger partial charge in [-0.3, -0.25) is 0 Å². The van der Waals surface area contributed by atoms with Crippen LogP contribution in [-0.2, 0) is 0 Å². The third-order valence-electron chi connectivity index (χ3n) is 3.77. The molecule has 4 rings (SSSR count). The summed E-state index contributed by atoms with van der Waals surface area (Å²) in [7, 11) is 0. The van der Waals surface area contributed by atoms with Gasteiger partial charge < -0.3 is 5.73 Å². The first kappa shape index (κ1) is 14.3. The van der Waals surface area contributed by atoms with Gasteiger partial charge in [-0.05, 0) is 13.8 Å². The van der Waals surface area contributed by atoms with E-state index in [2.05, 4.69) is 25.4 Å². The number of hydrogen-bond donors (Lipinski definition) is 1. The van der Waals surface area contributed by atoms with Crippen molar-refractivity contribution in [1.82, 2.24) is 34.7 Å². The van der Waals surface area contributed by atoms with Crippen LogP contribution >= 0.6 is 0 Å². The molecule has 0 saturated heterocycles. The number of benzene rings is 1. The Morgan fingerprint density at radius 1 is 1.08 bits per heavy atom. The van der Waals surface area contributed by atoms with Crippen molar-refractivity contribution in [2.24, 2.45) is 0 Å². The summed E-state index contributed by atoms with van der Waals surface area (Å²) in [4.78, 5) is 8.41. The maximum absolute atomic E-state index is 6.06. The monoisotopic (exact) mass is 320 g/mol. The Balaban J connectivity index is 1.90. The first-order chi connectivity index (χ1) is 11.6. The Hall–Kier alpha value is -3.29. The molecule has 0 radical (unpaired) electrons. The van der Waals surface area contributed by atoms with Crippen molar-refractivity contribution >= 4 is 16.9 Å². The normalized spacial score (nSPS) is 11.5. The first-order valence-electron chi connectivity index (χ1n) is 7.62. The summed E-state index contributed by atoms with van der Waals surface area (Å²) < 4.78 is 3.43. The molecule has 1 aromatic carbocycles. The maximum Gasteiger partial charge on any atom is 0.190 e. The van der Waals surface area contributed by atoms with E-state index < -0.39 is 0 Å². The predicted octanol–water partition coefficient (Wildman–Crippen LogP) is 2.24. The van der Waals surface area contributed by atoms with E-state index in [0.717, 1.165) is 11.3 Å². The van der Waals surface area contributed by atoms with Crippen molar-refractivity contribution in [1.29, 1.82) is 0 Å². The van der Waals surface area contributed by atoms with E-state index in [1.165, 1.54) is 6.33 Å². The number of nitrogen functional groups attached to an aromatic ring is 1. The van der Waals surface area contributed by atoms with Crippen LogP contribution in [0, 0.1) is 0 Å². The molecule has 0 unspecified atom stereocenters. The first-order valence-corrected chi connectivity index (χ1v) is 7.62. The maximum atomic E-state index is 6.06. The van der Waals surface area contributed by atoms with Gasteiger partial charge in [0.25, 0.3) is 0 Å². The molecule has 0 saturated carbocycles. The van der Waals surface area contributed by atoms with Crippen LogP contribution in [0.25, 0.3) is 28.1 Å². The van der Waals surface area contributed by atoms with Crippen molar-refractivity contribution in [3.8, 4) is 17.1 Å². The molecular weight excluding hydrogens is 304 g/mol. The lowest BCUT2D eigenvalue weighted by Crippen LogP contribution is -2.05. The lowest BCUT2D eigenvalue weighted by Gasteiger charge is -2.05. The number of fused-ring (bicyclic) bond motifs is 1. The minimum absolute atomic E-state index is 0.132. The fourth-order valence-corrected chi connectivity index (χ4v) is 2.61. The fourth-order valence-electron chi connectivity index (χ4n) is 2.61. The molecule has 8 nitrogen and oxygen atoms in total. The molecule has 0 bridgehead atoms. The zero-order valence-electron chi connectivity index (χ0n) is 13.3. The number of nitrogens with two attached hydrogens (primary N) is 1. The Bertz CT molecular complexity index is 1000. The summed E-state index contributed by atoms with van der Waals surface area (Å²) in [5.41, 5.74) is 8.49. The summed E-state index contributed by atoms with van der Waals surface area (Å²) in [5.74, 6) is 0.949. The highest BCUT2D eigenvalue weighted by molar-refractivity contribution is 5.92. The zero-order valence-corrected chi connectivity index (χ0v) is 13.3. The largest absolute Gasteiger partial charge is 0.383 e. The second kappa shape index (κ2) is 5.41. The van der Waals surface area contributed by atoms with Crippen LogP contribution < -0.4 is 5.73 Å². The molecule has 0 aliphatic rings. The summed E-state index contributed by atoms with van der Waals surface area (Å²) in [6.45, 7) is 4.07. The second-order valence-electron chi connectivity index (χ2n) is 5.73. The van der Waals surface area contributed by atoms with Crippen LogP contribution in [-0.4, -0.2) is 34.7 Å². The van der Waals surface area contributed by atoms with E-state index in [1.54, 1.807) is 4.68 Å². The van der Waals surface area contributed by atoms with Gasteiger partial charge in [-0.25, -0.2) is 14.6 Å². The number of nitrogens with zero attached hydrogens (tertiary/aromatic N) is 7. The Kier molecular flexibility index (Phi) is 3.23. The highest BCUT2D eigenvalue weighted by Crippen LogP contribution is 2.27. The third kappa shape index (κ3) is 2.19. The molecule has 24 heavy (non-hydrogen) atoms. The van der Waals surface area contributed by atoms with Crippen molar-refractivity contribution in [3.63, 3.8) is 0 Å². The van der Waals surface area contributed by atoms with E-state index >= 15 is 0 Å². The number of hydrogen-bond acceptors (Lipinski definition) is 6. The molecule has 0 atom stereocenters. The number of aromatic nitrogens is 7. The highest BCUT2D eigenvalue weighted by atomic mass is 15.5. The Labute approximate surface area is 138 Å². The summed E-state index contributed by atoms with van der Waals surface area (Å²) in [6.07, 6.45) is 3.27. The average molecular weight is 320 g/mol. The predicted molar refractivity (Wildman–Crippen MR) is 90.5 cm³/mol. The van der Waals surface area contributed by atoms with Crippen LogP contribution in [0.4, 0.5) is 5.82 Å². The van der Waals surface area contributed by atoms with Gasteiger partial charge in [0, 0.05) is 11.6 Å². The molecule has 0 fully saturated rings. The third-order valence-corrected chi connectivity index (χ3v) is 3.77. The topological polar surface area (TPSA) is 100 Å². The molecule has 0 aliphatic heterocycles. The molecule has 3 aromatic heterocycles. The fraction of sp³-hybridized carbons (Fsp3) is 0.188. The molecule has 8 heteroatoms. The van der Waals surface area contributed by atoms with E-state index in [0.29, 0.717) is 22.7 Å². The minimum Gasteiger partial charge on any atom is -0.383 e. The molecular formula is C16H16N8. The van der Waals surface area contributed by atoms with Crippen LogP contribution in [0.15, 0.2) is 42.9 Å². The van der Waals surface area contributed by atoms with Gasteiger partial charge in [0.15, 0.2) is 11.5 Å². The Morgan fingerprint density at radius 2 is 1.88 bits per heavy atom. The van der Waals surface area contributed by atoms with Gasteiger partial charge in [0.05, 0.1) is 6.20 Å². The number of rotatable bonds is 3. The minimum atomic E-state index is 0.132. The molecule has 120 valence electrons. The van der Waals surface area contributed by atoms with Crippen LogP contribution in [0.3, 0.4) is 0 Å². The van der Waals surface area contributed by atoms with E-state index in [4.69, 9.17) is 5.73 Å². The van der Waals surface area contributed by atoms with Gasteiger partial charge in [0.1, 0.15) is 23.2 Å². The van der Waals surface area contributed by atoms with Crippen LogP contribution in [0.5, 0.6) is 0 Å². The summed E-state index contributed by atoms with van der Waals surface area (Å²) >= 11 is 0. The smallest absolute Gasteiger partial charge is 0.190 e. The van der Waals surface area contributed by atoms with Crippen LogP contribution in [0.2, 0.25) is 0 Å². The van der Waals surface area contributed by atoms with Crippen molar-refractivity contribution in [2.45, 2.75) is 19.9 Å². The zero-order chi connectivity index (χ0) is 16.7. The average Bonchev–Trinajstić information content (AvgIpc) is 3.21. The van der Waals surface area contributed by atoms with E-state index in [-0.39, 0.29) is 6.04 Å². The van der Waals surface area contributed by atoms with Gasteiger partial charge in [-0.2, -0.15) is 4.68 Å². The van der Waals surface area contributed by atoms with Gasteiger partial charge in [0.2, 0.25) is 0 Å². The second-order valence-corrected chi connectivity index (χ2v) is 5.73. The lowest BCUT2D eigenvalue weighted by molar-refractivity contribution is 0.540. The standard InChI is InChI=1S/C16H16N8/c1-10(2)24-15-13(14(17)18-9-19-15)16(21-24)23-8-12(20-22-23)11-6-4-3-5-7-11/h3-10H,1-2H3,(H2,17,18,19).